The zero-order valence-electron chi connectivity index (χ0n) is 9.69. The molecule has 0 aliphatic rings. The molecule has 2 aromatic heterocycles. The fraction of sp³-hybridized carbons (Fsp3) is 0.333. The highest BCUT2D eigenvalue weighted by Crippen LogP contribution is 2.22. The second-order valence-electron chi connectivity index (χ2n) is 3.88. The van der Waals surface area contributed by atoms with Crippen LogP contribution in [0.3, 0.4) is 0 Å². The molecule has 0 saturated heterocycles. The van der Waals surface area contributed by atoms with Gasteiger partial charge in [-0.15, -0.1) is 0 Å². The summed E-state index contributed by atoms with van der Waals surface area (Å²) in [5.41, 5.74) is 0.813. The van der Waals surface area contributed by atoms with Crippen LogP contribution in [0.25, 0.3) is 11.5 Å². The summed E-state index contributed by atoms with van der Waals surface area (Å²) in [5.74, 6) is 2.69. The van der Waals surface area contributed by atoms with E-state index >= 15 is 0 Å². The van der Waals surface area contributed by atoms with Crippen LogP contribution in [0.1, 0.15) is 25.6 Å². The average molecular weight is 217 g/mol. The van der Waals surface area contributed by atoms with E-state index in [1.54, 1.807) is 6.26 Å². The Morgan fingerprint density at radius 2 is 2.12 bits per heavy atom. The van der Waals surface area contributed by atoms with E-state index in [9.17, 15) is 0 Å². The van der Waals surface area contributed by atoms with Crippen molar-refractivity contribution >= 4 is 5.82 Å². The Morgan fingerprint density at radius 1 is 1.31 bits per heavy atom. The largest absolute Gasteiger partial charge is 0.463 e. The molecule has 2 heterocycles. The Balaban J connectivity index is 2.49. The van der Waals surface area contributed by atoms with E-state index in [4.69, 9.17) is 4.42 Å². The quantitative estimate of drug-likeness (QED) is 0.858. The van der Waals surface area contributed by atoms with E-state index in [2.05, 4.69) is 29.1 Å². The molecular formula is C12H15N3O. The normalized spacial score (nSPS) is 10.8. The summed E-state index contributed by atoms with van der Waals surface area (Å²) < 4.78 is 5.34. The third-order valence-electron chi connectivity index (χ3n) is 2.29. The van der Waals surface area contributed by atoms with Gasteiger partial charge < -0.3 is 9.73 Å². The van der Waals surface area contributed by atoms with Gasteiger partial charge in [0.05, 0.1) is 6.26 Å². The molecule has 0 saturated carbocycles. The van der Waals surface area contributed by atoms with Gasteiger partial charge in [-0.05, 0) is 12.1 Å². The molecule has 84 valence electrons. The molecule has 2 rings (SSSR count). The van der Waals surface area contributed by atoms with Crippen molar-refractivity contribution in [3.63, 3.8) is 0 Å². The van der Waals surface area contributed by atoms with Gasteiger partial charge in [0.15, 0.2) is 5.76 Å². The summed E-state index contributed by atoms with van der Waals surface area (Å²) >= 11 is 0. The van der Waals surface area contributed by atoms with Crippen molar-refractivity contribution in [3.8, 4) is 11.5 Å². The first-order chi connectivity index (χ1) is 7.70. The van der Waals surface area contributed by atoms with E-state index in [1.165, 1.54) is 0 Å². The zero-order valence-corrected chi connectivity index (χ0v) is 9.69. The van der Waals surface area contributed by atoms with E-state index in [1.807, 2.05) is 25.2 Å². The van der Waals surface area contributed by atoms with Crippen LogP contribution in [-0.4, -0.2) is 17.0 Å². The Labute approximate surface area is 94.7 Å². The number of hydrogen-bond donors (Lipinski definition) is 1. The van der Waals surface area contributed by atoms with Gasteiger partial charge in [0, 0.05) is 19.0 Å². The van der Waals surface area contributed by atoms with Gasteiger partial charge in [0.25, 0.3) is 0 Å². The Bertz CT molecular complexity index is 463. The van der Waals surface area contributed by atoms with Gasteiger partial charge in [-0.2, -0.15) is 0 Å². The van der Waals surface area contributed by atoms with Crippen LogP contribution in [0.2, 0.25) is 0 Å². The first-order valence-corrected chi connectivity index (χ1v) is 5.31. The number of furan rings is 1. The lowest BCUT2D eigenvalue weighted by atomic mass is 10.2. The molecule has 0 fully saturated rings. The summed E-state index contributed by atoms with van der Waals surface area (Å²) in [6.45, 7) is 4.14. The van der Waals surface area contributed by atoms with E-state index in [-0.39, 0.29) is 0 Å². The fourth-order valence-corrected chi connectivity index (χ4v) is 1.40. The highest BCUT2D eigenvalue weighted by atomic mass is 16.3. The van der Waals surface area contributed by atoms with Crippen LogP contribution in [0.4, 0.5) is 5.82 Å². The summed E-state index contributed by atoms with van der Waals surface area (Å²) in [6.07, 6.45) is 1.64. The van der Waals surface area contributed by atoms with Crippen LogP contribution >= 0.6 is 0 Å². The monoisotopic (exact) mass is 217 g/mol. The van der Waals surface area contributed by atoms with Crippen molar-refractivity contribution in [1.29, 1.82) is 0 Å². The summed E-state index contributed by atoms with van der Waals surface area (Å²) in [7, 11) is 1.85. The molecule has 0 radical (unpaired) electrons. The third kappa shape index (κ3) is 2.05. The molecule has 0 unspecified atom stereocenters. The van der Waals surface area contributed by atoms with Crippen LogP contribution in [0.15, 0.2) is 28.9 Å². The second-order valence-corrected chi connectivity index (χ2v) is 3.88. The number of anilines is 1. The lowest BCUT2D eigenvalue weighted by Gasteiger charge is -2.08. The molecule has 4 heteroatoms. The highest BCUT2D eigenvalue weighted by Gasteiger charge is 2.10. The van der Waals surface area contributed by atoms with E-state index in [0.29, 0.717) is 5.92 Å². The maximum atomic E-state index is 5.34. The lowest BCUT2D eigenvalue weighted by Crippen LogP contribution is -2.02. The average Bonchev–Trinajstić information content (AvgIpc) is 2.81. The SMILES string of the molecule is CNc1cc(-c2ccco2)nc(C(C)C)n1. The first-order valence-electron chi connectivity index (χ1n) is 5.31. The van der Waals surface area contributed by atoms with Gasteiger partial charge in [-0.3, -0.25) is 0 Å². The van der Waals surface area contributed by atoms with Gasteiger partial charge >= 0.3 is 0 Å². The molecule has 2 aromatic rings. The molecule has 16 heavy (non-hydrogen) atoms. The second kappa shape index (κ2) is 4.35. The van der Waals surface area contributed by atoms with Crippen LogP contribution < -0.4 is 5.32 Å². The van der Waals surface area contributed by atoms with Gasteiger partial charge in [0.2, 0.25) is 0 Å². The molecule has 0 aliphatic heterocycles. The molecule has 0 aliphatic carbocycles. The smallest absolute Gasteiger partial charge is 0.152 e. The molecule has 0 atom stereocenters. The van der Waals surface area contributed by atoms with Crippen LogP contribution in [0.5, 0.6) is 0 Å². The Kier molecular flexibility index (Phi) is 2.90. The lowest BCUT2D eigenvalue weighted by molar-refractivity contribution is 0.579. The highest BCUT2D eigenvalue weighted by molar-refractivity contribution is 5.56. The summed E-state index contributed by atoms with van der Waals surface area (Å²) in [4.78, 5) is 8.88. The van der Waals surface area contributed by atoms with Gasteiger partial charge in [0.1, 0.15) is 17.3 Å². The minimum absolute atomic E-state index is 0.294. The van der Waals surface area contributed by atoms with Crippen molar-refractivity contribution in [2.45, 2.75) is 19.8 Å². The fourth-order valence-electron chi connectivity index (χ4n) is 1.40. The number of hydrogen-bond acceptors (Lipinski definition) is 4. The molecule has 0 aromatic carbocycles. The minimum Gasteiger partial charge on any atom is -0.463 e. The topological polar surface area (TPSA) is 51.0 Å². The number of nitrogens with zero attached hydrogens (tertiary/aromatic N) is 2. The molecule has 0 amide bonds. The van der Waals surface area contributed by atoms with E-state index in [0.717, 1.165) is 23.1 Å². The van der Waals surface area contributed by atoms with E-state index < -0.39 is 0 Å². The molecule has 0 spiro atoms. The maximum Gasteiger partial charge on any atom is 0.152 e. The third-order valence-corrected chi connectivity index (χ3v) is 2.29. The summed E-state index contributed by atoms with van der Waals surface area (Å²) in [6, 6.07) is 5.63. The van der Waals surface area contributed by atoms with Crippen molar-refractivity contribution < 1.29 is 4.42 Å². The zero-order chi connectivity index (χ0) is 11.5. The number of aromatic nitrogens is 2. The Morgan fingerprint density at radius 3 is 2.69 bits per heavy atom. The van der Waals surface area contributed by atoms with Crippen LogP contribution in [0, 0.1) is 0 Å². The number of nitrogens with one attached hydrogen (secondary N) is 1. The molecule has 0 bridgehead atoms. The van der Waals surface area contributed by atoms with Crippen molar-refractivity contribution in [2.75, 3.05) is 12.4 Å². The predicted molar refractivity (Wildman–Crippen MR) is 63.4 cm³/mol. The first kappa shape index (κ1) is 10.7. The molecular weight excluding hydrogens is 202 g/mol. The maximum absolute atomic E-state index is 5.34. The van der Waals surface area contributed by atoms with Crippen molar-refractivity contribution in [2.24, 2.45) is 0 Å². The van der Waals surface area contributed by atoms with Gasteiger partial charge in [-0.25, -0.2) is 9.97 Å². The minimum atomic E-state index is 0.294. The predicted octanol–water partition coefficient (Wildman–Crippen LogP) is 2.90. The van der Waals surface area contributed by atoms with Gasteiger partial charge in [-0.1, -0.05) is 13.8 Å². The van der Waals surface area contributed by atoms with Crippen molar-refractivity contribution in [3.05, 3.63) is 30.3 Å². The summed E-state index contributed by atoms with van der Waals surface area (Å²) in [5, 5.41) is 3.03. The number of rotatable bonds is 3. The standard InChI is InChI=1S/C12H15N3O/c1-8(2)12-14-9(7-11(13-3)15-12)10-5-4-6-16-10/h4-8H,1-3H3,(H,13,14,15). The molecule has 4 nitrogen and oxygen atoms in total. The Hall–Kier alpha value is -1.84. The van der Waals surface area contributed by atoms with Crippen molar-refractivity contribution in [1.82, 2.24) is 9.97 Å². The van der Waals surface area contributed by atoms with Crippen LogP contribution in [-0.2, 0) is 0 Å². The molecule has 1 N–H and O–H groups in total.